The molecular weight excluding hydrogens is 1210 g/mol. The van der Waals surface area contributed by atoms with E-state index in [1.165, 1.54) is 121 Å². The first-order valence-corrected chi connectivity index (χ1v) is 29.6. The largest absolute Gasteiger partial charge is 0.467 e. The van der Waals surface area contributed by atoms with Crippen LogP contribution in [0.1, 0.15) is 78.1 Å². The smallest absolute Gasteiger partial charge is 0.410 e. The first-order valence-electron chi connectivity index (χ1n) is 29.6. The molecule has 2 aliphatic heterocycles. The summed E-state index contributed by atoms with van der Waals surface area (Å²) in [6.45, 7) is -1.70. The van der Waals surface area contributed by atoms with Gasteiger partial charge in [-0.15, -0.1) is 0 Å². The number of ether oxygens (including phenoxy) is 12. The van der Waals surface area contributed by atoms with Crippen LogP contribution < -0.4 is 5.32 Å². The molecule has 2 aliphatic rings. The van der Waals surface area contributed by atoms with Gasteiger partial charge in [0.25, 0.3) is 0 Å². The van der Waals surface area contributed by atoms with Gasteiger partial charge in [-0.25, -0.2) is 43.2 Å². The predicted molar refractivity (Wildman–Crippen MR) is 329 cm³/mol. The van der Waals surface area contributed by atoms with Crippen LogP contribution in [0.2, 0.25) is 0 Å². The van der Waals surface area contributed by atoms with Gasteiger partial charge in [-0.2, -0.15) is 0 Å². The van der Waals surface area contributed by atoms with Gasteiger partial charge in [0.1, 0.15) is 37.6 Å². The number of hydrogen-bond donors (Lipinski definition) is 1. The highest BCUT2D eigenvalue weighted by atomic mass is 16.8. The number of alkyl carbamates (subject to hydrolysis) is 1. The second-order valence-corrected chi connectivity index (χ2v) is 21.1. The second-order valence-electron chi connectivity index (χ2n) is 21.1. The number of carbonyl (C=O) groups excluding carboxylic acids is 9. The summed E-state index contributed by atoms with van der Waals surface area (Å²) < 4.78 is 74.9. The lowest BCUT2D eigenvalue weighted by Crippen LogP contribution is -2.67. The lowest BCUT2D eigenvalue weighted by atomic mass is 9.95. The second kappa shape index (κ2) is 32.1. The highest BCUT2D eigenvalue weighted by Crippen LogP contribution is 2.37. The summed E-state index contributed by atoms with van der Waals surface area (Å²) in [5.41, 5.74) is 0.487. The molecule has 1 amide bonds. The molecule has 11 atom stereocenters. The average Bonchev–Trinajstić information content (AvgIpc) is 0.771. The highest BCUT2D eigenvalue weighted by Gasteiger charge is 2.59. The number of benzene rings is 8. The van der Waals surface area contributed by atoms with Crippen molar-refractivity contribution in [3.63, 3.8) is 0 Å². The van der Waals surface area contributed by atoms with Crippen molar-refractivity contribution in [2.45, 2.75) is 73.9 Å². The van der Waals surface area contributed by atoms with Gasteiger partial charge in [-0.1, -0.05) is 158 Å². The van der Waals surface area contributed by atoms with Crippen LogP contribution in [-0.2, 0) is 68.1 Å². The molecule has 0 unspecified atom stereocenters. The van der Waals surface area contributed by atoms with Crippen molar-refractivity contribution < 1.29 is 100.0 Å². The van der Waals surface area contributed by atoms with Crippen LogP contribution in [-0.4, -0.2) is 142 Å². The minimum Gasteiger partial charge on any atom is -0.467 e. The van der Waals surface area contributed by atoms with Gasteiger partial charge in [0.05, 0.1) is 46.1 Å². The third-order valence-corrected chi connectivity index (χ3v) is 14.8. The SMILES string of the molecule is COC(=O)[C@H](Cc1ccccc1)NC(=O)O[C@@H]1O[C@H](COC(=O)c2ccccc2)[C@@H](O[C@@H]2O[C@H](COC(=O)c3ccccc3)[C@H](OC(=O)c3ccccc3)[C@H](OC(=O)c3ccccc3)[C@H]2OC(=O)c2ccccc2)[C@H](OC(=O)c2ccccc2)[C@H]1OC(=O)c1ccccc1. The molecular formula is C72H61NO21. The van der Waals surface area contributed by atoms with Crippen LogP contribution in [0.25, 0.3) is 0 Å². The Labute approximate surface area is 538 Å². The molecule has 8 aromatic rings. The molecule has 0 saturated carbocycles. The van der Waals surface area contributed by atoms with E-state index in [-0.39, 0.29) is 45.4 Å². The zero-order valence-corrected chi connectivity index (χ0v) is 50.1. The van der Waals surface area contributed by atoms with Gasteiger partial charge >= 0.3 is 53.8 Å². The lowest BCUT2D eigenvalue weighted by molar-refractivity contribution is -0.351. The Bertz CT molecular complexity index is 3850. The van der Waals surface area contributed by atoms with Crippen molar-refractivity contribution in [2.75, 3.05) is 20.3 Å². The number of nitrogens with one attached hydrogen (secondary N) is 1. The maximum absolute atomic E-state index is 14.9. The van der Waals surface area contributed by atoms with Gasteiger partial charge in [0, 0.05) is 6.42 Å². The van der Waals surface area contributed by atoms with E-state index in [4.69, 9.17) is 56.8 Å². The summed E-state index contributed by atoms with van der Waals surface area (Å²) >= 11 is 0. The average molecular weight is 1280 g/mol. The number of rotatable bonds is 23. The zero-order chi connectivity index (χ0) is 65.8. The van der Waals surface area contributed by atoms with Crippen LogP contribution in [0.5, 0.6) is 0 Å². The van der Waals surface area contributed by atoms with E-state index in [2.05, 4.69) is 5.32 Å². The van der Waals surface area contributed by atoms with Gasteiger partial charge in [0.15, 0.2) is 30.7 Å². The van der Waals surface area contributed by atoms with Gasteiger partial charge in [-0.3, -0.25) is 0 Å². The topological polar surface area (TPSA) is 276 Å². The predicted octanol–water partition coefficient (Wildman–Crippen LogP) is 9.17. The molecule has 8 aromatic carbocycles. The fourth-order valence-corrected chi connectivity index (χ4v) is 10.1. The van der Waals surface area contributed by atoms with E-state index in [1.807, 2.05) is 0 Å². The Morgan fingerprint density at radius 2 is 0.628 bits per heavy atom. The minimum absolute atomic E-state index is 0.000692. The van der Waals surface area contributed by atoms with Gasteiger partial charge < -0.3 is 62.2 Å². The quantitative estimate of drug-likeness (QED) is 0.0461. The number of carbonyl (C=O) groups is 9. The molecule has 10 rings (SSSR count). The lowest BCUT2D eigenvalue weighted by Gasteiger charge is -2.48. The summed E-state index contributed by atoms with van der Waals surface area (Å²) in [5.74, 6) is -8.08. The van der Waals surface area contributed by atoms with Gasteiger partial charge in [-0.05, 0) is 90.5 Å². The summed E-state index contributed by atoms with van der Waals surface area (Å²) in [4.78, 5) is 129. The maximum Gasteiger partial charge on any atom is 0.410 e. The Morgan fingerprint density at radius 1 is 0.340 bits per heavy atom. The fourth-order valence-electron chi connectivity index (χ4n) is 10.1. The van der Waals surface area contributed by atoms with E-state index in [0.717, 1.165) is 7.11 Å². The standard InChI is InChI=1S/C72H61NO21/c1-83-69(81)53(42-45-26-10-2-11-27-45)73-72(82)94-71-61(92-68(80)52-40-24-9-25-41-52)59(90-66(78)50-36-20-7-21-37-50)57(55(87-71)44-85-63(75)47-30-14-4-15-31-47)93-70-60(91-67(79)51-38-22-8-23-39-51)58(89-65(77)49-34-18-6-19-35-49)56(88-64(76)48-32-16-5-17-33-48)54(86-70)43-84-62(74)46-28-12-3-13-29-46/h2-41,53-61,70-71H,42-44H2,1H3,(H,73,82)/t53-,54+,55+,56-,57+,58-,59-,60+,61+,70-,71-/m0/s1. The van der Waals surface area contributed by atoms with E-state index in [0.29, 0.717) is 5.56 Å². The van der Waals surface area contributed by atoms with Crippen LogP contribution >= 0.6 is 0 Å². The first-order chi connectivity index (χ1) is 45.8. The van der Waals surface area contributed by atoms with E-state index < -0.39 is 135 Å². The number of hydrogen-bond acceptors (Lipinski definition) is 21. The molecule has 22 nitrogen and oxygen atoms in total. The van der Waals surface area contributed by atoms with Crippen molar-refractivity contribution in [1.29, 1.82) is 0 Å². The Kier molecular flexibility index (Phi) is 22.4. The normalized spacial score (nSPS) is 20.8. The molecule has 94 heavy (non-hydrogen) atoms. The van der Waals surface area contributed by atoms with Crippen LogP contribution in [0.3, 0.4) is 0 Å². The van der Waals surface area contributed by atoms with Crippen molar-refractivity contribution in [2.24, 2.45) is 0 Å². The summed E-state index contributed by atoms with van der Waals surface area (Å²) in [6, 6.07) is 60.4. The van der Waals surface area contributed by atoms with Crippen LogP contribution in [0.15, 0.2) is 243 Å². The molecule has 480 valence electrons. The molecule has 1 N–H and O–H groups in total. The zero-order valence-electron chi connectivity index (χ0n) is 50.1. The highest BCUT2D eigenvalue weighted by molar-refractivity contribution is 5.93. The number of esters is 8. The van der Waals surface area contributed by atoms with Crippen molar-refractivity contribution in [3.8, 4) is 0 Å². The fraction of sp³-hybridized carbons (Fsp3) is 0.208. The Hall–Kier alpha value is -11.3. The molecule has 2 heterocycles. The van der Waals surface area contributed by atoms with Crippen molar-refractivity contribution in [3.05, 3.63) is 287 Å². The Morgan fingerprint density at radius 3 is 0.989 bits per heavy atom. The first kappa shape index (κ1) is 65.6. The Balaban J connectivity index is 1.13. The third kappa shape index (κ3) is 17.2. The molecule has 2 saturated heterocycles. The van der Waals surface area contributed by atoms with E-state index in [9.17, 15) is 43.2 Å². The molecule has 2 fully saturated rings. The minimum atomic E-state index is -2.20. The molecule has 0 aliphatic carbocycles. The monoisotopic (exact) mass is 1280 g/mol. The van der Waals surface area contributed by atoms with Gasteiger partial charge in [0.2, 0.25) is 12.4 Å². The summed E-state index contributed by atoms with van der Waals surface area (Å²) in [5, 5.41) is 2.48. The molecule has 0 spiro atoms. The molecule has 22 heteroatoms. The third-order valence-electron chi connectivity index (χ3n) is 14.8. The van der Waals surface area contributed by atoms with E-state index in [1.54, 1.807) is 121 Å². The van der Waals surface area contributed by atoms with Crippen LogP contribution in [0, 0.1) is 0 Å². The maximum atomic E-state index is 14.9. The molecule has 0 bridgehead atoms. The molecule has 0 aromatic heterocycles. The van der Waals surface area contributed by atoms with Crippen molar-refractivity contribution >= 4 is 53.8 Å². The van der Waals surface area contributed by atoms with E-state index >= 15 is 0 Å². The summed E-state index contributed by atoms with van der Waals surface area (Å²) in [7, 11) is 1.11. The summed E-state index contributed by atoms with van der Waals surface area (Å²) in [6.07, 6.45) is -21.8. The van der Waals surface area contributed by atoms with Crippen molar-refractivity contribution in [1.82, 2.24) is 5.32 Å². The number of amides is 1. The van der Waals surface area contributed by atoms with Crippen LogP contribution in [0.4, 0.5) is 4.79 Å². The number of methoxy groups -OCH3 is 1. The molecule has 0 radical (unpaired) electrons.